The van der Waals surface area contributed by atoms with Gasteiger partial charge in [0.2, 0.25) is 0 Å². The van der Waals surface area contributed by atoms with Crippen LogP contribution in [-0.4, -0.2) is 11.8 Å². The highest BCUT2D eigenvalue weighted by molar-refractivity contribution is 7.16. The van der Waals surface area contributed by atoms with Crippen molar-refractivity contribution < 1.29 is 9.59 Å². The van der Waals surface area contributed by atoms with Crippen LogP contribution in [0.3, 0.4) is 0 Å². The van der Waals surface area contributed by atoms with Crippen LogP contribution in [0, 0.1) is 20.8 Å². The molecule has 4 nitrogen and oxygen atoms in total. The highest BCUT2D eigenvalue weighted by atomic mass is 32.1. The molecule has 132 valence electrons. The van der Waals surface area contributed by atoms with Gasteiger partial charge in [0, 0.05) is 16.1 Å². The van der Waals surface area contributed by atoms with E-state index in [0.717, 1.165) is 21.7 Å². The normalized spacial score (nSPS) is 10.4. The van der Waals surface area contributed by atoms with Crippen molar-refractivity contribution in [2.75, 3.05) is 10.6 Å². The third-order valence-corrected chi connectivity index (χ3v) is 5.27. The summed E-state index contributed by atoms with van der Waals surface area (Å²) in [4.78, 5) is 26.3. The molecule has 2 amide bonds. The largest absolute Gasteiger partial charge is 0.322 e. The van der Waals surface area contributed by atoms with Crippen LogP contribution in [0.2, 0.25) is 0 Å². The van der Waals surface area contributed by atoms with Crippen molar-refractivity contribution in [3.63, 3.8) is 0 Å². The van der Waals surface area contributed by atoms with Gasteiger partial charge in [-0.25, -0.2) is 0 Å². The molecule has 0 fully saturated rings. The molecule has 5 heteroatoms. The molecule has 0 aliphatic heterocycles. The molecule has 2 aromatic carbocycles. The number of benzene rings is 2. The fourth-order valence-corrected chi connectivity index (χ4v) is 3.72. The Kier molecular flexibility index (Phi) is 5.19. The summed E-state index contributed by atoms with van der Waals surface area (Å²) in [6, 6.07) is 16.6. The van der Waals surface area contributed by atoms with Gasteiger partial charge in [0.15, 0.2) is 0 Å². The van der Waals surface area contributed by atoms with E-state index in [-0.39, 0.29) is 11.8 Å². The number of anilines is 2. The van der Waals surface area contributed by atoms with Crippen molar-refractivity contribution in [2.24, 2.45) is 0 Å². The molecule has 0 aliphatic carbocycles. The van der Waals surface area contributed by atoms with Crippen molar-refractivity contribution >= 4 is 33.8 Å². The Labute approximate surface area is 156 Å². The number of rotatable bonds is 4. The van der Waals surface area contributed by atoms with E-state index < -0.39 is 0 Å². The predicted molar refractivity (Wildman–Crippen MR) is 107 cm³/mol. The number of thiophene rings is 1. The van der Waals surface area contributed by atoms with Crippen LogP contribution < -0.4 is 10.6 Å². The molecule has 0 saturated heterocycles. The Hall–Kier alpha value is -2.92. The van der Waals surface area contributed by atoms with Crippen LogP contribution in [0.1, 0.15) is 36.7 Å². The maximum Gasteiger partial charge on any atom is 0.258 e. The molecule has 1 heterocycles. The van der Waals surface area contributed by atoms with Crippen molar-refractivity contribution in [3.05, 3.63) is 81.7 Å². The third kappa shape index (κ3) is 3.83. The summed E-state index contributed by atoms with van der Waals surface area (Å²) in [7, 11) is 0. The first-order valence-electron chi connectivity index (χ1n) is 8.30. The van der Waals surface area contributed by atoms with Crippen molar-refractivity contribution in [2.45, 2.75) is 20.8 Å². The number of hydrogen-bond acceptors (Lipinski definition) is 3. The molecule has 0 radical (unpaired) electrons. The number of amides is 2. The predicted octanol–water partition coefficient (Wildman–Crippen LogP) is 5.18. The molecule has 3 rings (SSSR count). The topological polar surface area (TPSA) is 58.2 Å². The van der Waals surface area contributed by atoms with Gasteiger partial charge in [-0.2, -0.15) is 0 Å². The van der Waals surface area contributed by atoms with Gasteiger partial charge in [-0.1, -0.05) is 30.3 Å². The zero-order valence-electron chi connectivity index (χ0n) is 14.9. The van der Waals surface area contributed by atoms with Crippen molar-refractivity contribution in [3.8, 4) is 0 Å². The van der Waals surface area contributed by atoms with E-state index in [1.165, 1.54) is 11.3 Å². The Balaban J connectivity index is 1.87. The summed E-state index contributed by atoms with van der Waals surface area (Å²) in [5, 5.41) is 6.38. The number of nitrogens with one attached hydrogen (secondary N) is 2. The first-order chi connectivity index (χ1) is 12.5. The Morgan fingerprint density at radius 2 is 1.58 bits per heavy atom. The number of aryl methyl sites for hydroxylation is 2. The van der Waals surface area contributed by atoms with Crippen molar-refractivity contribution in [1.82, 2.24) is 0 Å². The van der Waals surface area contributed by atoms with Crippen molar-refractivity contribution in [1.29, 1.82) is 0 Å². The lowest BCUT2D eigenvalue weighted by atomic mass is 10.1. The molecule has 0 spiro atoms. The van der Waals surface area contributed by atoms with Crippen LogP contribution in [0.15, 0.2) is 54.6 Å². The molecule has 1 aromatic heterocycles. The lowest BCUT2D eigenvalue weighted by Gasteiger charge is -2.09. The standard InChI is InChI=1S/C21H20N2O2S/c1-13-8-7-11-17(12-13)22-20(25)18-14(2)15(3)26-21(18)23-19(24)16-9-5-4-6-10-16/h4-12H,1-3H3,(H,22,25)(H,23,24). The lowest BCUT2D eigenvalue weighted by Crippen LogP contribution is -2.17. The Bertz CT molecular complexity index is 961. The number of carbonyl (C=O) groups excluding carboxylic acids is 2. The quantitative estimate of drug-likeness (QED) is 0.670. The average Bonchev–Trinajstić information content (AvgIpc) is 2.89. The van der Waals surface area contributed by atoms with Gasteiger partial charge in [-0.15, -0.1) is 11.3 Å². The molecule has 0 saturated carbocycles. The molecular formula is C21H20N2O2S. The molecule has 0 unspecified atom stereocenters. The van der Waals surface area contributed by atoms with Crippen LogP contribution in [0.5, 0.6) is 0 Å². The molecule has 2 N–H and O–H groups in total. The molecule has 0 atom stereocenters. The van der Waals surface area contributed by atoms with E-state index in [4.69, 9.17) is 0 Å². The van der Waals surface area contributed by atoms with E-state index in [0.29, 0.717) is 16.1 Å². The minimum atomic E-state index is -0.226. The van der Waals surface area contributed by atoms with E-state index in [9.17, 15) is 9.59 Å². The highest BCUT2D eigenvalue weighted by Crippen LogP contribution is 2.33. The maximum absolute atomic E-state index is 12.8. The van der Waals surface area contributed by atoms with Crippen LogP contribution in [0.25, 0.3) is 0 Å². The summed E-state index contributed by atoms with van der Waals surface area (Å²) in [5.74, 6) is -0.447. The first kappa shape index (κ1) is 17.9. The SMILES string of the molecule is Cc1cccc(NC(=O)c2c(NC(=O)c3ccccc3)sc(C)c2C)c1. The van der Waals surface area contributed by atoms with E-state index in [2.05, 4.69) is 10.6 Å². The van der Waals surface area contributed by atoms with Gasteiger partial charge in [0.1, 0.15) is 5.00 Å². The second-order valence-corrected chi connectivity index (χ2v) is 7.36. The average molecular weight is 364 g/mol. The molecule has 26 heavy (non-hydrogen) atoms. The second kappa shape index (κ2) is 7.54. The molecule has 3 aromatic rings. The van der Waals surface area contributed by atoms with Crippen LogP contribution in [-0.2, 0) is 0 Å². The molecule has 0 bridgehead atoms. The monoisotopic (exact) mass is 364 g/mol. The summed E-state index contributed by atoms with van der Waals surface area (Å²) >= 11 is 1.41. The van der Waals surface area contributed by atoms with Gasteiger partial charge >= 0.3 is 0 Å². The number of carbonyl (C=O) groups is 2. The summed E-state index contributed by atoms with van der Waals surface area (Å²) in [6.07, 6.45) is 0. The molecular weight excluding hydrogens is 344 g/mol. The minimum absolute atomic E-state index is 0.221. The zero-order chi connectivity index (χ0) is 18.7. The van der Waals surface area contributed by atoms with E-state index >= 15 is 0 Å². The second-order valence-electron chi connectivity index (χ2n) is 6.13. The third-order valence-electron chi connectivity index (χ3n) is 4.15. The molecule has 0 aliphatic rings. The fraction of sp³-hybridized carbons (Fsp3) is 0.143. The zero-order valence-corrected chi connectivity index (χ0v) is 15.7. The highest BCUT2D eigenvalue weighted by Gasteiger charge is 2.21. The van der Waals surface area contributed by atoms with Crippen LogP contribution in [0.4, 0.5) is 10.7 Å². The van der Waals surface area contributed by atoms with Crippen LogP contribution >= 0.6 is 11.3 Å². The smallest absolute Gasteiger partial charge is 0.258 e. The van der Waals surface area contributed by atoms with Gasteiger partial charge in [-0.05, 0) is 56.2 Å². The minimum Gasteiger partial charge on any atom is -0.322 e. The van der Waals surface area contributed by atoms with Gasteiger partial charge in [0.05, 0.1) is 5.56 Å². The lowest BCUT2D eigenvalue weighted by molar-refractivity contribution is 0.102. The Morgan fingerprint density at radius 3 is 2.27 bits per heavy atom. The number of hydrogen-bond donors (Lipinski definition) is 2. The maximum atomic E-state index is 12.8. The van der Waals surface area contributed by atoms with Gasteiger partial charge < -0.3 is 10.6 Å². The Morgan fingerprint density at radius 1 is 0.846 bits per heavy atom. The van der Waals surface area contributed by atoms with E-state index in [1.54, 1.807) is 12.1 Å². The summed E-state index contributed by atoms with van der Waals surface area (Å²) in [5.41, 5.74) is 3.75. The van der Waals surface area contributed by atoms with E-state index in [1.807, 2.05) is 63.2 Å². The van der Waals surface area contributed by atoms with Gasteiger partial charge in [0.25, 0.3) is 11.8 Å². The fourth-order valence-electron chi connectivity index (χ4n) is 2.67. The first-order valence-corrected chi connectivity index (χ1v) is 9.12. The summed E-state index contributed by atoms with van der Waals surface area (Å²) < 4.78 is 0. The van der Waals surface area contributed by atoms with Gasteiger partial charge in [-0.3, -0.25) is 9.59 Å². The summed E-state index contributed by atoms with van der Waals surface area (Å²) in [6.45, 7) is 5.82.